The van der Waals surface area contributed by atoms with Crippen LogP contribution in [0.2, 0.25) is 5.02 Å². The number of hydrogen-bond acceptors (Lipinski definition) is 10. The molecule has 11 nitrogen and oxygen atoms in total. The lowest BCUT2D eigenvalue weighted by molar-refractivity contribution is -0.113. The summed E-state index contributed by atoms with van der Waals surface area (Å²) in [6.45, 7) is 0.315. The Labute approximate surface area is 234 Å². The zero-order chi connectivity index (χ0) is 27.6. The van der Waals surface area contributed by atoms with Crippen LogP contribution in [-0.4, -0.2) is 47.0 Å². The Morgan fingerprint density at radius 2 is 1.82 bits per heavy atom. The molecular formula is C26H26ClN7O4S. The van der Waals surface area contributed by atoms with Crippen LogP contribution in [-0.2, 0) is 11.4 Å². The topological polar surface area (TPSA) is 138 Å². The Morgan fingerprint density at radius 3 is 2.62 bits per heavy atom. The number of para-hydroxylation sites is 1. The maximum Gasteiger partial charge on any atom is 0.264 e. The molecule has 0 unspecified atom stereocenters. The number of rotatable bonds is 12. The number of amides is 1. The third-order valence-corrected chi connectivity index (χ3v) is 6.60. The van der Waals surface area contributed by atoms with E-state index in [0.29, 0.717) is 39.7 Å². The number of anilines is 2. The average molecular weight is 568 g/mol. The number of hydrogen-bond donors (Lipinski definition) is 3. The smallest absolute Gasteiger partial charge is 0.264 e. The van der Waals surface area contributed by atoms with E-state index in [1.165, 1.54) is 11.8 Å². The van der Waals surface area contributed by atoms with Gasteiger partial charge in [0, 0.05) is 27.9 Å². The predicted molar refractivity (Wildman–Crippen MR) is 153 cm³/mol. The fourth-order valence-corrected chi connectivity index (χ4v) is 4.19. The summed E-state index contributed by atoms with van der Waals surface area (Å²) in [6.07, 6.45) is 1.58. The first-order valence-electron chi connectivity index (χ1n) is 11.6. The van der Waals surface area contributed by atoms with Gasteiger partial charge in [0.15, 0.2) is 11.5 Å². The number of nitrogens with one attached hydrogen (secondary N) is 2. The SMILES string of the molecule is COc1ccc(NC(=O)CSc2nnc(N/N=C/c3ccccc3OCc3ccccc3Cl)n2N)cc1OC. The van der Waals surface area contributed by atoms with E-state index < -0.39 is 0 Å². The predicted octanol–water partition coefficient (Wildman–Crippen LogP) is 4.42. The van der Waals surface area contributed by atoms with Gasteiger partial charge in [0.25, 0.3) is 5.95 Å². The van der Waals surface area contributed by atoms with Crippen molar-refractivity contribution in [1.29, 1.82) is 0 Å². The number of carbonyl (C=O) groups excluding carboxylic acids is 1. The van der Waals surface area contributed by atoms with Crippen molar-refractivity contribution in [3.8, 4) is 17.2 Å². The first-order chi connectivity index (χ1) is 19.0. The van der Waals surface area contributed by atoms with Crippen LogP contribution in [0.5, 0.6) is 17.2 Å². The van der Waals surface area contributed by atoms with Gasteiger partial charge in [-0.3, -0.25) is 4.79 Å². The number of aromatic nitrogens is 3. The summed E-state index contributed by atoms with van der Waals surface area (Å²) in [5, 5.41) is 16.0. The van der Waals surface area contributed by atoms with Crippen LogP contribution in [0.25, 0.3) is 0 Å². The van der Waals surface area contributed by atoms with Crippen molar-refractivity contribution in [2.75, 3.05) is 36.6 Å². The fraction of sp³-hybridized carbons (Fsp3) is 0.154. The summed E-state index contributed by atoms with van der Waals surface area (Å²) in [5.74, 6) is 7.80. The quantitative estimate of drug-likeness (QED) is 0.0982. The largest absolute Gasteiger partial charge is 0.493 e. The van der Waals surface area contributed by atoms with Crippen molar-refractivity contribution in [3.63, 3.8) is 0 Å². The Bertz CT molecular complexity index is 1460. The Kier molecular flexibility index (Phi) is 9.48. The molecule has 4 N–H and O–H groups in total. The number of carbonyl (C=O) groups is 1. The molecule has 0 saturated carbocycles. The molecule has 39 heavy (non-hydrogen) atoms. The molecule has 4 rings (SSSR count). The fourth-order valence-electron chi connectivity index (χ4n) is 3.34. The highest BCUT2D eigenvalue weighted by atomic mass is 35.5. The average Bonchev–Trinajstić information content (AvgIpc) is 3.30. The highest BCUT2D eigenvalue weighted by Crippen LogP contribution is 2.30. The molecule has 0 bridgehead atoms. The standard InChI is InChI=1S/C26H26ClN7O4S/c1-36-22-12-11-19(13-23(22)37-2)30-24(35)16-39-26-33-32-25(34(26)28)31-29-14-17-7-4-6-10-21(17)38-15-18-8-3-5-9-20(18)27/h3-14H,15-16,28H2,1-2H3,(H,30,35)(H,31,32)/b29-14+. The van der Waals surface area contributed by atoms with Gasteiger partial charge in [-0.2, -0.15) is 5.10 Å². The van der Waals surface area contributed by atoms with E-state index in [1.807, 2.05) is 48.5 Å². The molecule has 0 spiro atoms. The normalized spacial score (nSPS) is 10.8. The van der Waals surface area contributed by atoms with Gasteiger partial charge in [-0.15, -0.1) is 10.2 Å². The number of nitrogens with two attached hydrogens (primary N) is 1. The zero-order valence-electron chi connectivity index (χ0n) is 21.1. The number of thioether (sulfide) groups is 1. The minimum absolute atomic E-state index is 0.0586. The van der Waals surface area contributed by atoms with E-state index in [0.717, 1.165) is 22.9 Å². The van der Waals surface area contributed by atoms with Gasteiger partial charge < -0.3 is 25.4 Å². The lowest BCUT2D eigenvalue weighted by Gasteiger charge is -2.10. The Morgan fingerprint density at radius 1 is 1.05 bits per heavy atom. The lowest BCUT2D eigenvalue weighted by Crippen LogP contribution is -2.17. The second kappa shape index (κ2) is 13.4. The van der Waals surface area contributed by atoms with Gasteiger partial charge in [-0.25, -0.2) is 10.1 Å². The van der Waals surface area contributed by atoms with E-state index in [4.69, 9.17) is 31.7 Å². The molecule has 0 aliphatic carbocycles. The molecule has 0 fully saturated rings. The van der Waals surface area contributed by atoms with E-state index in [2.05, 4.69) is 26.0 Å². The van der Waals surface area contributed by atoms with Gasteiger partial charge in [-0.05, 0) is 30.3 Å². The van der Waals surface area contributed by atoms with Crippen molar-refractivity contribution in [3.05, 3.63) is 82.9 Å². The monoisotopic (exact) mass is 567 g/mol. The number of halogens is 1. The van der Waals surface area contributed by atoms with Gasteiger partial charge in [-0.1, -0.05) is 53.7 Å². The third-order valence-electron chi connectivity index (χ3n) is 5.29. The highest BCUT2D eigenvalue weighted by Gasteiger charge is 2.13. The molecule has 1 aromatic heterocycles. The third kappa shape index (κ3) is 7.33. The number of hydrazone groups is 1. The molecular weight excluding hydrogens is 542 g/mol. The number of ether oxygens (including phenoxy) is 3. The number of nitrogen functional groups attached to an aromatic ring is 1. The van der Waals surface area contributed by atoms with Crippen molar-refractivity contribution in [2.24, 2.45) is 5.10 Å². The minimum Gasteiger partial charge on any atom is -0.493 e. The maximum atomic E-state index is 12.4. The van der Waals surface area contributed by atoms with Crippen molar-refractivity contribution in [1.82, 2.24) is 14.9 Å². The van der Waals surface area contributed by atoms with Crippen LogP contribution in [0.1, 0.15) is 11.1 Å². The molecule has 1 amide bonds. The van der Waals surface area contributed by atoms with Crippen LogP contribution in [0.4, 0.5) is 11.6 Å². The molecule has 0 aliphatic rings. The second-order valence-electron chi connectivity index (χ2n) is 7.87. The summed E-state index contributed by atoms with van der Waals surface area (Å²) >= 11 is 7.34. The number of nitrogens with zero attached hydrogens (tertiary/aromatic N) is 4. The van der Waals surface area contributed by atoms with Crippen LogP contribution in [0.15, 0.2) is 77.0 Å². The van der Waals surface area contributed by atoms with E-state index in [-0.39, 0.29) is 17.6 Å². The van der Waals surface area contributed by atoms with E-state index in [1.54, 1.807) is 31.5 Å². The number of methoxy groups -OCH3 is 2. The molecule has 13 heteroatoms. The van der Waals surface area contributed by atoms with Gasteiger partial charge >= 0.3 is 0 Å². The summed E-state index contributed by atoms with van der Waals surface area (Å²) in [4.78, 5) is 12.4. The summed E-state index contributed by atoms with van der Waals surface area (Å²) < 4.78 is 17.6. The number of benzene rings is 3. The van der Waals surface area contributed by atoms with Gasteiger partial charge in [0.2, 0.25) is 11.1 Å². The van der Waals surface area contributed by atoms with Crippen molar-refractivity contribution >= 4 is 47.1 Å². The summed E-state index contributed by atoms with van der Waals surface area (Å²) in [5.41, 5.74) is 4.95. The second-order valence-corrected chi connectivity index (χ2v) is 9.22. The zero-order valence-corrected chi connectivity index (χ0v) is 22.7. The molecule has 4 aromatic rings. The van der Waals surface area contributed by atoms with Gasteiger partial charge in [0.05, 0.1) is 26.2 Å². The van der Waals surface area contributed by atoms with Crippen molar-refractivity contribution < 1.29 is 19.0 Å². The van der Waals surface area contributed by atoms with Crippen LogP contribution in [0.3, 0.4) is 0 Å². The first-order valence-corrected chi connectivity index (χ1v) is 12.9. The van der Waals surface area contributed by atoms with Crippen LogP contribution >= 0.6 is 23.4 Å². The van der Waals surface area contributed by atoms with Crippen LogP contribution in [0, 0.1) is 0 Å². The molecule has 0 radical (unpaired) electrons. The Balaban J connectivity index is 1.31. The van der Waals surface area contributed by atoms with E-state index in [9.17, 15) is 4.79 Å². The molecule has 3 aromatic carbocycles. The Hall–Kier alpha value is -4.42. The molecule has 202 valence electrons. The maximum absolute atomic E-state index is 12.4. The lowest BCUT2D eigenvalue weighted by atomic mass is 10.2. The summed E-state index contributed by atoms with van der Waals surface area (Å²) in [7, 11) is 3.07. The summed E-state index contributed by atoms with van der Waals surface area (Å²) in [6, 6.07) is 20.0. The first kappa shape index (κ1) is 27.6. The molecule has 1 heterocycles. The molecule has 0 saturated heterocycles. The van der Waals surface area contributed by atoms with Gasteiger partial charge in [0.1, 0.15) is 12.4 Å². The van der Waals surface area contributed by atoms with Crippen molar-refractivity contribution in [2.45, 2.75) is 11.8 Å². The van der Waals surface area contributed by atoms with E-state index >= 15 is 0 Å². The molecule has 0 atom stereocenters. The highest BCUT2D eigenvalue weighted by molar-refractivity contribution is 7.99. The molecule has 0 aliphatic heterocycles. The minimum atomic E-state index is -0.254. The van der Waals surface area contributed by atoms with Crippen LogP contribution < -0.4 is 30.8 Å².